The summed E-state index contributed by atoms with van der Waals surface area (Å²) in [5, 5.41) is 1.50. The van der Waals surface area contributed by atoms with E-state index in [-0.39, 0.29) is 11.4 Å². The molecular formula is C27H21ClO4. The van der Waals surface area contributed by atoms with Crippen molar-refractivity contribution in [1.29, 1.82) is 0 Å². The maximum Gasteiger partial charge on any atom is 0.339 e. The van der Waals surface area contributed by atoms with E-state index in [2.05, 4.69) is 0 Å². The van der Waals surface area contributed by atoms with Crippen LogP contribution in [0.5, 0.6) is 5.75 Å². The van der Waals surface area contributed by atoms with E-state index in [9.17, 15) is 9.59 Å². The fourth-order valence-corrected chi connectivity index (χ4v) is 4.43. The lowest BCUT2D eigenvalue weighted by molar-refractivity contribution is 0.0792. The molecule has 0 fully saturated rings. The Morgan fingerprint density at radius 3 is 2.38 bits per heavy atom. The minimum atomic E-state index is -0.848. The summed E-state index contributed by atoms with van der Waals surface area (Å²) < 4.78 is 11.8. The molecule has 3 aromatic carbocycles. The lowest BCUT2D eigenvalue weighted by Crippen LogP contribution is -2.19. The summed E-state index contributed by atoms with van der Waals surface area (Å²) in [6.45, 7) is 0. The highest BCUT2D eigenvalue weighted by Gasteiger charge is 2.25. The summed E-state index contributed by atoms with van der Waals surface area (Å²) in [5.74, 6) is 0.285. The Bertz CT molecular complexity index is 1340. The molecule has 4 aromatic rings. The second kappa shape index (κ2) is 8.64. The molecule has 0 spiro atoms. The zero-order chi connectivity index (χ0) is 22.1. The van der Waals surface area contributed by atoms with Gasteiger partial charge in [0.25, 0.3) is 0 Å². The molecule has 1 aromatic heterocycles. The van der Waals surface area contributed by atoms with Crippen LogP contribution < -0.4 is 10.4 Å². The number of carbonyl (C=O) groups excluding carboxylic acids is 1. The van der Waals surface area contributed by atoms with Crippen LogP contribution in [0.3, 0.4) is 0 Å². The van der Waals surface area contributed by atoms with E-state index in [1.54, 1.807) is 30.3 Å². The Kier molecular flexibility index (Phi) is 5.54. The topological polar surface area (TPSA) is 56.5 Å². The number of carbonyl (C=O) groups is 1. The monoisotopic (exact) mass is 444 g/mol. The van der Waals surface area contributed by atoms with E-state index in [0.717, 1.165) is 47.8 Å². The molecule has 4 nitrogen and oxygen atoms in total. The molecule has 1 aliphatic carbocycles. The third-order valence-electron chi connectivity index (χ3n) is 5.92. The number of hydrogen-bond acceptors (Lipinski definition) is 4. The van der Waals surface area contributed by atoms with E-state index in [1.807, 2.05) is 42.5 Å². The number of ether oxygens (including phenoxy) is 1. The van der Waals surface area contributed by atoms with E-state index < -0.39 is 6.10 Å². The van der Waals surface area contributed by atoms with Gasteiger partial charge in [-0.05, 0) is 67.6 Å². The number of ketones is 1. The number of aryl methyl sites for hydroxylation is 1. The van der Waals surface area contributed by atoms with Crippen molar-refractivity contribution in [2.45, 2.75) is 31.8 Å². The molecule has 5 heteroatoms. The fourth-order valence-electron chi connectivity index (χ4n) is 4.30. The van der Waals surface area contributed by atoms with Crippen molar-refractivity contribution in [2.75, 3.05) is 0 Å². The van der Waals surface area contributed by atoms with Crippen LogP contribution in [0.2, 0.25) is 5.02 Å². The van der Waals surface area contributed by atoms with Gasteiger partial charge in [0.1, 0.15) is 11.3 Å². The van der Waals surface area contributed by atoms with Crippen LogP contribution in [0, 0.1) is 0 Å². The van der Waals surface area contributed by atoms with Crippen LogP contribution in [-0.4, -0.2) is 5.78 Å². The van der Waals surface area contributed by atoms with Gasteiger partial charge < -0.3 is 9.15 Å². The molecular weight excluding hydrogens is 424 g/mol. The van der Waals surface area contributed by atoms with E-state index >= 15 is 0 Å². The molecule has 0 saturated heterocycles. The first-order valence-electron chi connectivity index (χ1n) is 10.7. The van der Waals surface area contributed by atoms with Crippen LogP contribution in [0.15, 0.2) is 82.0 Å². The van der Waals surface area contributed by atoms with Gasteiger partial charge in [-0.2, -0.15) is 0 Å². The summed E-state index contributed by atoms with van der Waals surface area (Å²) in [6, 6.07) is 21.6. The molecule has 1 heterocycles. The number of rotatable bonds is 5. The summed E-state index contributed by atoms with van der Waals surface area (Å²) >= 11 is 5.98. The van der Waals surface area contributed by atoms with Gasteiger partial charge in [-0.1, -0.05) is 41.9 Å². The van der Waals surface area contributed by atoms with Crippen LogP contribution in [0.4, 0.5) is 0 Å². The number of fused-ring (bicyclic) bond motifs is 3. The zero-order valence-electron chi connectivity index (χ0n) is 17.3. The van der Waals surface area contributed by atoms with E-state index in [4.69, 9.17) is 20.8 Å². The summed E-state index contributed by atoms with van der Waals surface area (Å²) in [5.41, 5.74) is 3.31. The first kappa shape index (κ1) is 20.5. The molecule has 0 amide bonds. The van der Waals surface area contributed by atoms with Gasteiger partial charge >= 0.3 is 5.63 Å². The molecule has 1 aliphatic rings. The van der Waals surface area contributed by atoms with Gasteiger partial charge in [0.15, 0.2) is 6.10 Å². The summed E-state index contributed by atoms with van der Waals surface area (Å²) in [6.07, 6.45) is 2.86. The normalized spacial score (nSPS) is 14.0. The Morgan fingerprint density at radius 2 is 1.62 bits per heavy atom. The molecule has 0 bridgehead atoms. The maximum absolute atomic E-state index is 13.3. The standard InChI is InChI=1S/C27H21ClO4/c28-19-12-10-17(11-13-19)25(29)26(18-6-2-1-3-7-18)31-20-14-15-22-21-8-4-5-9-23(21)27(30)32-24(22)16-20/h1-3,6-7,10-16,26H,4-5,8-9H2/t26-/m0/s1. The second-order valence-corrected chi connectivity index (χ2v) is 8.43. The first-order chi connectivity index (χ1) is 15.6. The van der Waals surface area contributed by atoms with Crippen molar-refractivity contribution in [2.24, 2.45) is 0 Å². The molecule has 0 N–H and O–H groups in total. The van der Waals surface area contributed by atoms with Gasteiger partial charge in [0.05, 0.1) is 0 Å². The minimum Gasteiger partial charge on any atom is -0.477 e. The van der Waals surface area contributed by atoms with Gasteiger partial charge in [0.2, 0.25) is 5.78 Å². The van der Waals surface area contributed by atoms with Crippen LogP contribution in [0.1, 0.15) is 46.0 Å². The molecule has 1 atom stereocenters. The fraction of sp³-hybridized carbons (Fsp3) is 0.185. The highest BCUT2D eigenvalue weighted by atomic mass is 35.5. The SMILES string of the molecule is O=C(c1ccc(Cl)cc1)[C@@H](Oc1ccc2c3c(c(=O)oc2c1)CCCC3)c1ccccc1. The largest absolute Gasteiger partial charge is 0.477 e. The van der Waals surface area contributed by atoms with Crippen LogP contribution in [0.25, 0.3) is 11.0 Å². The van der Waals surface area contributed by atoms with Gasteiger partial charge in [-0.15, -0.1) is 0 Å². The van der Waals surface area contributed by atoms with E-state index in [1.165, 1.54) is 0 Å². The lowest BCUT2D eigenvalue weighted by Gasteiger charge is -2.20. The molecule has 0 saturated carbocycles. The van der Waals surface area contributed by atoms with Crippen molar-refractivity contribution in [3.63, 3.8) is 0 Å². The molecule has 0 unspecified atom stereocenters. The first-order valence-corrected chi connectivity index (χ1v) is 11.1. The highest BCUT2D eigenvalue weighted by molar-refractivity contribution is 6.30. The van der Waals surface area contributed by atoms with Gasteiger partial charge in [-0.25, -0.2) is 4.79 Å². The lowest BCUT2D eigenvalue weighted by atomic mass is 9.91. The quantitative estimate of drug-likeness (QED) is 0.266. The Labute approximate surface area is 190 Å². The van der Waals surface area contributed by atoms with Crippen molar-refractivity contribution in [3.05, 3.63) is 110 Å². The van der Waals surface area contributed by atoms with Crippen LogP contribution in [-0.2, 0) is 12.8 Å². The molecule has 160 valence electrons. The average Bonchev–Trinajstić information content (AvgIpc) is 2.83. The van der Waals surface area contributed by atoms with Crippen molar-refractivity contribution in [3.8, 4) is 5.75 Å². The predicted molar refractivity (Wildman–Crippen MR) is 125 cm³/mol. The maximum atomic E-state index is 13.3. The van der Waals surface area contributed by atoms with Crippen LogP contribution >= 0.6 is 11.6 Å². The highest BCUT2D eigenvalue weighted by Crippen LogP contribution is 2.32. The van der Waals surface area contributed by atoms with Crippen molar-refractivity contribution >= 4 is 28.4 Å². The van der Waals surface area contributed by atoms with Gasteiger partial charge in [0, 0.05) is 33.2 Å². The predicted octanol–water partition coefficient (Wildman–Crippen LogP) is 6.33. The summed E-state index contributed by atoms with van der Waals surface area (Å²) in [7, 11) is 0. The number of hydrogen-bond donors (Lipinski definition) is 0. The Hall–Kier alpha value is -3.37. The molecule has 5 rings (SSSR count). The third kappa shape index (κ3) is 3.94. The summed E-state index contributed by atoms with van der Waals surface area (Å²) in [4.78, 5) is 25.8. The minimum absolute atomic E-state index is 0.181. The molecule has 32 heavy (non-hydrogen) atoms. The Morgan fingerprint density at radius 1 is 0.906 bits per heavy atom. The zero-order valence-corrected chi connectivity index (χ0v) is 18.1. The van der Waals surface area contributed by atoms with E-state index in [0.29, 0.717) is 21.9 Å². The Balaban J connectivity index is 1.54. The number of Topliss-reactive ketones (excluding diaryl/α,β-unsaturated/α-hetero) is 1. The molecule has 0 radical (unpaired) electrons. The average molecular weight is 445 g/mol. The molecule has 0 aliphatic heterocycles. The van der Waals surface area contributed by atoms with Gasteiger partial charge in [-0.3, -0.25) is 4.79 Å². The van der Waals surface area contributed by atoms with Crippen molar-refractivity contribution < 1.29 is 13.9 Å². The second-order valence-electron chi connectivity index (χ2n) is 7.99. The third-order valence-corrected chi connectivity index (χ3v) is 6.17. The number of halogens is 1. The number of benzene rings is 3. The van der Waals surface area contributed by atoms with Crippen molar-refractivity contribution in [1.82, 2.24) is 0 Å². The smallest absolute Gasteiger partial charge is 0.339 e.